The Morgan fingerprint density at radius 3 is 1.70 bits per heavy atom. The van der Waals surface area contributed by atoms with Gasteiger partial charge in [-0.05, 0) is 38.2 Å². The highest BCUT2D eigenvalue weighted by atomic mass is 16.6. The fraction of sp³-hybridized carbons (Fsp3) is 0.238. The first-order valence-electron chi connectivity index (χ1n) is 9.05. The largest absolute Gasteiger partial charge is 0.507 e. The molecule has 0 radical (unpaired) electrons. The highest BCUT2D eigenvalue weighted by Gasteiger charge is 2.23. The van der Waals surface area contributed by atoms with Crippen LogP contribution in [0.2, 0.25) is 0 Å². The number of hydrogen-bond acceptors (Lipinski definition) is 8. The molecule has 30 heavy (non-hydrogen) atoms. The summed E-state index contributed by atoms with van der Waals surface area (Å²) in [6.45, 7) is 3.04. The van der Waals surface area contributed by atoms with Crippen molar-refractivity contribution < 1.29 is 24.0 Å². The molecule has 0 saturated carbocycles. The lowest BCUT2D eigenvalue weighted by Gasteiger charge is -2.18. The van der Waals surface area contributed by atoms with Gasteiger partial charge in [0.2, 0.25) is 0 Å². The lowest BCUT2D eigenvalue weighted by Crippen LogP contribution is -2.18. The molecule has 0 spiro atoms. The summed E-state index contributed by atoms with van der Waals surface area (Å²) in [6.07, 6.45) is -0.0575. The van der Waals surface area contributed by atoms with Crippen molar-refractivity contribution in [3.8, 4) is 11.5 Å². The summed E-state index contributed by atoms with van der Waals surface area (Å²) in [4.78, 5) is 34.9. The van der Waals surface area contributed by atoms with Gasteiger partial charge in [-0.2, -0.15) is 0 Å². The fourth-order valence-corrected chi connectivity index (χ4v) is 3.29. The number of aryl methyl sites for hydroxylation is 2. The molecule has 0 saturated heterocycles. The van der Waals surface area contributed by atoms with Crippen molar-refractivity contribution >= 4 is 5.69 Å². The normalized spacial score (nSPS) is 11.0. The Hall–Kier alpha value is -3.88. The van der Waals surface area contributed by atoms with Crippen molar-refractivity contribution in [2.75, 3.05) is 0 Å². The molecule has 0 atom stereocenters. The van der Waals surface area contributed by atoms with Crippen LogP contribution in [-0.2, 0) is 12.8 Å². The summed E-state index contributed by atoms with van der Waals surface area (Å²) >= 11 is 0. The molecule has 1 aromatic carbocycles. The molecule has 0 fully saturated rings. The third-order valence-corrected chi connectivity index (χ3v) is 4.77. The molecule has 3 rings (SSSR count). The van der Waals surface area contributed by atoms with E-state index in [-0.39, 0.29) is 52.7 Å². The predicted molar refractivity (Wildman–Crippen MR) is 106 cm³/mol. The summed E-state index contributed by atoms with van der Waals surface area (Å²) in [6, 6.07) is 8.22. The first-order valence-corrected chi connectivity index (χ1v) is 9.05. The molecule has 9 heteroatoms. The average molecular weight is 413 g/mol. The third-order valence-electron chi connectivity index (χ3n) is 4.77. The molecule has 2 N–H and O–H groups in total. The number of nitrogens with zero attached hydrogens (tertiary/aromatic N) is 1. The minimum atomic E-state index is -0.723. The lowest BCUT2D eigenvalue weighted by atomic mass is 9.87. The first-order chi connectivity index (χ1) is 14.2. The summed E-state index contributed by atoms with van der Waals surface area (Å²) in [5.41, 5.74) is -0.994. The first kappa shape index (κ1) is 20.8. The lowest BCUT2D eigenvalue weighted by molar-refractivity contribution is -0.384. The molecule has 0 unspecified atom stereocenters. The van der Waals surface area contributed by atoms with Crippen LogP contribution in [0, 0.1) is 24.0 Å². The Kier molecular flexibility index (Phi) is 5.72. The van der Waals surface area contributed by atoms with Gasteiger partial charge in [0.1, 0.15) is 23.0 Å². The molecule has 9 nitrogen and oxygen atoms in total. The van der Waals surface area contributed by atoms with E-state index in [2.05, 4.69) is 0 Å². The average Bonchev–Trinajstić information content (AvgIpc) is 2.65. The van der Waals surface area contributed by atoms with Crippen LogP contribution in [0.3, 0.4) is 0 Å². The van der Waals surface area contributed by atoms with Gasteiger partial charge in [0.15, 0.2) is 0 Å². The monoisotopic (exact) mass is 413 g/mol. The molecule has 156 valence electrons. The Bertz CT molecular complexity index is 1140. The van der Waals surface area contributed by atoms with E-state index in [1.807, 2.05) is 0 Å². The van der Waals surface area contributed by atoms with Crippen molar-refractivity contribution in [2.45, 2.75) is 32.6 Å². The summed E-state index contributed by atoms with van der Waals surface area (Å²) < 4.78 is 10.1. The maximum Gasteiger partial charge on any atom is 0.342 e. The number of aromatic hydroxyl groups is 2. The molecule has 0 amide bonds. The molecule has 0 aliphatic carbocycles. The molecule has 0 aliphatic heterocycles. The van der Waals surface area contributed by atoms with Crippen molar-refractivity contribution in [1.29, 1.82) is 0 Å². The minimum absolute atomic E-state index is 0.0000537. The van der Waals surface area contributed by atoms with Gasteiger partial charge in [-0.3, -0.25) is 10.1 Å². The Morgan fingerprint density at radius 1 is 0.900 bits per heavy atom. The predicted octanol–water partition coefficient (Wildman–Crippen LogP) is 3.10. The van der Waals surface area contributed by atoms with Gasteiger partial charge in [0.05, 0.1) is 16.1 Å². The van der Waals surface area contributed by atoms with Gasteiger partial charge in [-0.15, -0.1) is 0 Å². The zero-order valence-electron chi connectivity index (χ0n) is 16.2. The second-order valence-corrected chi connectivity index (χ2v) is 6.97. The summed E-state index contributed by atoms with van der Waals surface area (Å²) in [7, 11) is 0. The zero-order valence-corrected chi connectivity index (χ0v) is 16.2. The van der Waals surface area contributed by atoms with Crippen LogP contribution in [0.4, 0.5) is 5.69 Å². The fourth-order valence-electron chi connectivity index (χ4n) is 3.29. The van der Waals surface area contributed by atoms with E-state index in [4.69, 9.17) is 8.83 Å². The van der Waals surface area contributed by atoms with Crippen LogP contribution in [0.25, 0.3) is 0 Å². The van der Waals surface area contributed by atoms with Gasteiger partial charge >= 0.3 is 11.3 Å². The minimum Gasteiger partial charge on any atom is -0.507 e. The van der Waals surface area contributed by atoms with E-state index in [0.29, 0.717) is 5.56 Å². The molecular formula is C21H19NO8. The molecular weight excluding hydrogens is 394 g/mol. The molecule has 3 aromatic rings. The van der Waals surface area contributed by atoms with Crippen LogP contribution in [0.15, 0.2) is 54.8 Å². The van der Waals surface area contributed by atoms with E-state index in [1.54, 1.807) is 0 Å². The van der Waals surface area contributed by atoms with Crippen LogP contribution in [0.1, 0.15) is 34.1 Å². The van der Waals surface area contributed by atoms with Crippen LogP contribution in [-0.4, -0.2) is 15.1 Å². The van der Waals surface area contributed by atoms with Gasteiger partial charge in [-0.1, -0.05) is 12.1 Å². The van der Waals surface area contributed by atoms with Crippen molar-refractivity contribution in [3.05, 3.63) is 95.6 Å². The van der Waals surface area contributed by atoms with E-state index in [0.717, 1.165) is 0 Å². The standard InChI is InChI=1S/C21H19NO8/c1-11-7-18(23)16(20(25)29-11)9-14(13-3-5-15(6-4-13)22(27)28)10-17-19(24)8-12(2)30-21(17)26/h3-8,14,23-24H,9-10H2,1-2H3. The van der Waals surface area contributed by atoms with Crippen LogP contribution in [0.5, 0.6) is 11.5 Å². The van der Waals surface area contributed by atoms with Crippen molar-refractivity contribution in [1.82, 2.24) is 0 Å². The maximum atomic E-state index is 12.3. The van der Waals surface area contributed by atoms with Crippen molar-refractivity contribution in [3.63, 3.8) is 0 Å². The smallest absolute Gasteiger partial charge is 0.342 e. The number of nitro benzene ring substituents is 1. The maximum absolute atomic E-state index is 12.3. The zero-order chi connectivity index (χ0) is 22.0. The molecule has 0 aliphatic rings. The highest BCUT2D eigenvalue weighted by Crippen LogP contribution is 2.30. The number of non-ortho nitro benzene ring substituents is 1. The molecule has 2 heterocycles. The van der Waals surface area contributed by atoms with E-state index in [1.165, 1.54) is 50.2 Å². The van der Waals surface area contributed by atoms with Crippen LogP contribution >= 0.6 is 0 Å². The SMILES string of the molecule is Cc1cc(O)c(CC(Cc2c(O)cc(C)oc2=O)c2ccc([N+](=O)[O-])cc2)c(=O)o1. The third kappa shape index (κ3) is 4.40. The van der Waals surface area contributed by atoms with E-state index in [9.17, 15) is 29.9 Å². The quantitative estimate of drug-likeness (QED) is 0.463. The number of nitro groups is 1. The Labute approximate surface area is 170 Å². The molecule has 0 bridgehead atoms. The summed E-state index contributed by atoms with van der Waals surface area (Å²) in [5, 5.41) is 31.4. The number of benzene rings is 1. The summed E-state index contributed by atoms with van der Waals surface area (Å²) in [5.74, 6) is -0.611. The second kappa shape index (κ2) is 8.24. The molecule has 2 aromatic heterocycles. The van der Waals surface area contributed by atoms with Crippen molar-refractivity contribution in [2.24, 2.45) is 0 Å². The second-order valence-electron chi connectivity index (χ2n) is 6.97. The van der Waals surface area contributed by atoms with Gasteiger partial charge in [-0.25, -0.2) is 9.59 Å². The van der Waals surface area contributed by atoms with Gasteiger partial charge < -0.3 is 19.0 Å². The number of rotatable bonds is 6. The van der Waals surface area contributed by atoms with Gasteiger partial charge in [0, 0.05) is 24.3 Å². The Balaban J connectivity index is 2.06. The van der Waals surface area contributed by atoms with E-state index >= 15 is 0 Å². The van der Waals surface area contributed by atoms with Crippen LogP contribution < -0.4 is 11.3 Å². The highest BCUT2D eigenvalue weighted by molar-refractivity contribution is 5.39. The topological polar surface area (TPSA) is 144 Å². The Morgan fingerprint density at radius 2 is 1.33 bits per heavy atom. The van der Waals surface area contributed by atoms with Gasteiger partial charge in [0.25, 0.3) is 5.69 Å². The van der Waals surface area contributed by atoms with E-state index < -0.39 is 22.1 Å². The number of hydrogen-bond donors (Lipinski definition) is 2.